The first kappa shape index (κ1) is 21.3. The summed E-state index contributed by atoms with van der Waals surface area (Å²) in [5.41, 5.74) is 3.95. The highest BCUT2D eigenvalue weighted by Gasteiger charge is 2.45. The minimum atomic E-state index is -0.0964. The van der Waals surface area contributed by atoms with Gasteiger partial charge >= 0.3 is 0 Å². The summed E-state index contributed by atoms with van der Waals surface area (Å²) in [5.74, 6) is 0.250. The Bertz CT molecular complexity index is 995. The number of ketones is 1. The van der Waals surface area contributed by atoms with Crippen LogP contribution in [0.25, 0.3) is 0 Å². The van der Waals surface area contributed by atoms with Crippen molar-refractivity contribution >= 4 is 17.4 Å². The first-order valence-electron chi connectivity index (χ1n) is 12.1. The van der Waals surface area contributed by atoms with Gasteiger partial charge in [0.1, 0.15) is 0 Å². The fraction of sp³-hybridized carbons (Fsp3) is 0.538. The first-order chi connectivity index (χ1) is 15.5. The Morgan fingerprint density at radius 2 is 1.50 bits per heavy atom. The second-order valence-electron chi connectivity index (χ2n) is 9.65. The van der Waals surface area contributed by atoms with Gasteiger partial charge in [-0.25, -0.2) is 0 Å². The lowest BCUT2D eigenvalue weighted by molar-refractivity contribution is 0.0128. The number of likely N-dealkylation sites (N-methyl/N-ethyl adjacent to an activating group) is 1. The van der Waals surface area contributed by atoms with Gasteiger partial charge in [-0.15, -0.1) is 0 Å². The normalized spacial score (nSPS) is 20.9. The predicted octanol–water partition coefficient (Wildman–Crippen LogP) is 3.76. The van der Waals surface area contributed by atoms with E-state index in [9.17, 15) is 9.59 Å². The summed E-state index contributed by atoms with van der Waals surface area (Å²) in [6.45, 7) is 7.11. The summed E-state index contributed by atoms with van der Waals surface area (Å²) in [6, 6.07) is 12.3. The Hall–Kier alpha value is -2.60. The molecule has 0 radical (unpaired) electrons. The molecule has 2 saturated heterocycles. The van der Waals surface area contributed by atoms with Crippen molar-refractivity contribution in [3.8, 4) is 0 Å². The van der Waals surface area contributed by atoms with Gasteiger partial charge in [-0.1, -0.05) is 0 Å². The van der Waals surface area contributed by atoms with Gasteiger partial charge in [0.05, 0.1) is 11.2 Å². The third-order valence-electron chi connectivity index (χ3n) is 7.92. The average Bonchev–Trinajstić information content (AvgIpc) is 3.28. The van der Waals surface area contributed by atoms with E-state index in [1.165, 1.54) is 30.6 Å². The lowest BCUT2D eigenvalue weighted by Crippen LogP contribution is -2.56. The number of hydrogen-bond acceptors (Lipinski definition) is 4. The third-order valence-corrected chi connectivity index (χ3v) is 7.92. The molecule has 6 heteroatoms. The number of benzene rings is 1. The number of likely N-dealkylation sites (tertiary alicyclic amines) is 1. The zero-order valence-corrected chi connectivity index (χ0v) is 19.3. The molecule has 5 rings (SSSR count). The van der Waals surface area contributed by atoms with Crippen molar-refractivity contribution in [2.75, 3.05) is 44.7 Å². The molecule has 4 heterocycles. The van der Waals surface area contributed by atoms with Crippen molar-refractivity contribution in [2.24, 2.45) is 0 Å². The molecule has 6 nitrogen and oxygen atoms in total. The third kappa shape index (κ3) is 3.54. The molecular weight excluding hydrogens is 400 g/mol. The highest BCUT2D eigenvalue weighted by molar-refractivity contribution is 5.95. The second-order valence-corrected chi connectivity index (χ2v) is 9.65. The molecule has 0 atom stereocenters. The standard InChI is InChI=1S/C26H34N4O2/c1-20(31)23-10-11-24-26(27(2)18-19-30(23)24)12-16-29(17-13-26)25(32)21-6-8-22(9-7-21)28-14-4-3-5-15-28/h6-11H,3-5,12-19H2,1-2H3. The van der Waals surface area contributed by atoms with Crippen LogP contribution in [0.1, 0.15) is 65.6 Å². The molecule has 0 unspecified atom stereocenters. The maximum absolute atomic E-state index is 13.2. The Morgan fingerprint density at radius 3 is 2.16 bits per heavy atom. The molecule has 0 aliphatic carbocycles. The molecule has 0 bridgehead atoms. The van der Waals surface area contributed by atoms with Gasteiger partial charge in [0.25, 0.3) is 5.91 Å². The molecule has 1 amide bonds. The lowest BCUT2D eigenvalue weighted by atomic mass is 9.81. The highest BCUT2D eigenvalue weighted by Crippen LogP contribution is 2.41. The van der Waals surface area contributed by atoms with Gasteiger partial charge in [0.15, 0.2) is 5.78 Å². The van der Waals surface area contributed by atoms with E-state index in [2.05, 4.69) is 39.6 Å². The maximum atomic E-state index is 13.2. The zero-order valence-electron chi connectivity index (χ0n) is 19.3. The topological polar surface area (TPSA) is 48.8 Å². The van der Waals surface area contributed by atoms with Crippen LogP contribution in [0.3, 0.4) is 0 Å². The number of rotatable bonds is 3. The van der Waals surface area contributed by atoms with Crippen LogP contribution in [-0.2, 0) is 12.1 Å². The van der Waals surface area contributed by atoms with Crippen LogP contribution in [0.4, 0.5) is 5.69 Å². The number of fused-ring (bicyclic) bond motifs is 2. The number of amides is 1. The number of Topliss-reactive ketones (excluding diaryl/α,β-unsaturated/α-hetero) is 1. The zero-order chi connectivity index (χ0) is 22.3. The molecule has 3 aliphatic heterocycles. The van der Waals surface area contributed by atoms with Crippen molar-refractivity contribution in [3.63, 3.8) is 0 Å². The van der Waals surface area contributed by atoms with Crippen molar-refractivity contribution < 1.29 is 9.59 Å². The number of aromatic nitrogens is 1. The second kappa shape index (κ2) is 8.39. The Balaban J connectivity index is 1.29. The lowest BCUT2D eigenvalue weighted by Gasteiger charge is -2.50. The van der Waals surface area contributed by atoms with Gasteiger partial charge in [-0.05, 0) is 75.5 Å². The molecule has 1 aromatic carbocycles. The molecular formula is C26H34N4O2. The van der Waals surface area contributed by atoms with E-state index in [1.54, 1.807) is 6.92 Å². The summed E-state index contributed by atoms with van der Waals surface area (Å²) >= 11 is 0. The molecule has 1 spiro atoms. The van der Waals surface area contributed by atoms with E-state index in [1.807, 2.05) is 23.1 Å². The van der Waals surface area contributed by atoms with E-state index in [0.717, 1.165) is 63.4 Å². The highest BCUT2D eigenvalue weighted by atomic mass is 16.2. The number of carbonyl (C=O) groups is 2. The quantitative estimate of drug-likeness (QED) is 0.691. The van der Waals surface area contributed by atoms with Crippen molar-refractivity contribution in [2.45, 2.75) is 51.1 Å². The first-order valence-corrected chi connectivity index (χ1v) is 12.1. The number of anilines is 1. The molecule has 1 aromatic heterocycles. The van der Waals surface area contributed by atoms with E-state index in [4.69, 9.17) is 0 Å². The van der Waals surface area contributed by atoms with Crippen LogP contribution in [0, 0.1) is 0 Å². The monoisotopic (exact) mass is 434 g/mol. The van der Waals surface area contributed by atoms with Crippen LogP contribution < -0.4 is 4.90 Å². The van der Waals surface area contributed by atoms with Crippen LogP contribution in [-0.4, -0.2) is 65.8 Å². The molecule has 2 aromatic rings. The van der Waals surface area contributed by atoms with Gasteiger partial charge in [-0.3, -0.25) is 14.5 Å². The van der Waals surface area contributed by atoms with Gasteiger partial charge in [0.2, 0.25) is 0 Å². The SMILES string of the molecule is CC(=O)c1ccc2n1CCN(C)C21CCN(C(=O)c2ccc(N3CCCCC3)cc2)CC1. The number of piperidine rings is 2. The average molecular weight is 435 g/mol. The Labute approximate surface area is 190 Å². The smallest absolute Gasteiger partial charge is 0.253 e. The molecule has 170 valence electrons. The fourth-order valence-corrected chi connectivity index (χ4v) is 5.95. The molecule has 32 heavy (non-hydrogen) atoms. The van der Waals surface area contributed by atoms with E-state index < -0.39 is 0 Å². The van der Waals surface area contributed by atoms with Crippen LogP contribution in [0.5, 0.6) is 0 Å². The van der Waals surface area contributed by atoms with Gasteiger partial charge in [0, 0.05) is 63.1 Å². The largest absolute Gasteiger partial charge is 0.372 e. The van der Waals surface area contributed by atoms with Crippen LogP contribution >= 0.6 is 0 Å². The van der Waals surface area contributed by atoms with Crippen LogP contribution in [0.2, 0.25) is 0 Å². The Morgan fingerprint density at radius 1 is 0.812 bits per heavy atom. The van der Waals surface area contributed by atoms with Crippen LogP contribution in [0.15, 0.2) is 36.4 Å². The summed E-state index contributed by atoms with van der Waals surface area (Å²) in [6.07, 6.45) is 5.61. The number of hydrogen-bond donors (Lipinski definition) is 0. The number of carbonyl (C=O) groups excluding carboxylic acids is 2. The number of nitrogens with zero attached hydrogens (tertiary/aromatic N) is 4. The summed E-state index contributed by atoms with van der Waals surface area (Å²) < 4.78 is 2.21. The van der Waals surface area contributed by atoms with Crippen molar-refractivity contribution in [1.29, 1.82) is 0 Å². The molecule has 0 saturated carbocycles. The van der Waals surface area contributed by atoms with Crippen molar-refractivity contribution in [1.82, 2.24) is 14.4 Å². The molecule has 3 aliphatic rings. The summed E-state index contributed by atoms with van der Waals surface area (Å²) in [4.78, 5) is 32.1. The minimum Gasteiger partial charge on any atom is -0.372 e. The van der Waals surface area contributed by atoms with Gasteiger partial charge in [-0.2, -0.15) is 0 Å². The van der Waals surface area contributed by atoms with E-state index in [-0.39, 0.29) is 17.2 Å². The Kier molecular flexibility index (Phi) is 5.58. The van der Waals surface area contributed by atoms with E-state index >= 15 is 0 Å². The molecule has 0 N–H and O–H groups in total. The summed E-state index contributed by atoms with van der Waals surface area (Å²) in [5, 5.41) is 0. The van der Waals surface area contributed by atoms with Gasteiger partial charge < -0.3 is 14.4 Å². The predicted molar refractivity (Wildman–Crippen MR) is 126 cm³/mol. The fourth-order valence-electron chi connectivity index (χ4n) is 5.95. The summed E-state index contributed by atoms with van der Waals surface area (Å²) in [7, 11) is 2.18. The minimum absolute atomic E-state index is 0.0964. The molecule has 2 fully saturated rings. The van der Waals surface area contributed by atoms with Crippen molar-refractivity contribution in [3.05, 3.63) is 53.3 Å². The van der Waals surface area contributed by atoms with E-state index in [0.29, 0.717) is 0 Å². The maximum Gasteiger partial charge on any atom is 0.253 e.